The van der Waals surface area contributed by atoms with Gasteiger partial charge >= 0.3 is 11.9 Å². The molecule has 40 heavy (non-hydrogen) atoms. The van der Waals surface area contributed by atoms with Gasteiger partial charge < -0.3 is 24.3 Å². The number of pyridine rings is 1. The van der Waals surface area contributed by atoms with Crippen LogP contribution < -0.4 is 5.32 Å². The fraction of sp³-hybridized carbons (Fsp3) is 0.414. The Morgan fingerprint density at radius 3 is 2.45 bits per heavy atom. The molecule has 1 aliphatic heterocycles. The van der Waals surface area contributed by atoms with Crippen molar-refractivity contribution in [2.45, 2.75) is 26.3 Å². The van der Waals surface area contributed by atoms with Gasteiger partial charge in [-0.25, -0.2) is 9.59 Å². The summed E-state index contributed by atoms with van der Waals surface area (Å²) in [6.07, 6.45) is 3.56. The van der Waals surface area contributed by atoms with Crippen molar-refractivity contribution in [2.75, 3.05) is 53.7 Å². The number of allylic oxidation sites excluding steroid dienone is 1. The Labute approximate surface area is 245 Å². The molecule has 1 aliphatic rings. The molecule has 0 saturated heterocycles. The lowest BCUT2D eigenvalue weighted by atomic mass is 9.80. The topological polar surface area (TPSA) is 99.2 Å². The van der Waals surface area contributed by atoms with Gasteiger partial charge in [-0.2, -0.15) is 0 Å². The van der Waals surface area contributed by atoms with Crippen LogP contribution in [-0.2, 0) is 35.1 Å². The second kappa shape index (κ2) is 15.7. The number of benzene rings is 1. The number of nitrogens with one attached hydrogen (secondary N) is 1. The third-order valence-corrected chi connectivity index (χ3v) is 7.11. The van der Waals surface area contributed by atoms with Gasteiger partial charge in [0.1, 0.15) is 0 Å². The number of halogens is 2. The maximum Gasteiger partial charge on any atom is 0.336 e. The predicted octanol–water partition coefficient (Wildman–Crippen LogP) is 4.50. The molecule has 11 heteroatoms. The Morgan fingerprint density at radius 2 is 1.75 bits per heavy atom. The van der Waals surface area contributed by atoms with Crippen LogP contribution in [0.3, 0.4) is 0 Å². The maximum absolute atomic E-state index is 13.3. The van der Waals surface area contributed by atoms with Gasteiger partial charge in [0.2, 0.25) is 0 Å². The Morgan fingerprint density at radius 1 is 1.02 bits per heavy atom. The highest BCUT2D eigenvalue weighted by atomic mass is 35.5. The predicted molar refractivity (Wildman–Crippen MR) is 153 cm³/mol. The van der Waals surface area contributed by atoms with E-state index in [0.29, 0.717) is 41.8 Å². The molecule has 216 valence electrons. The van der Waals surface area contributed by atoms with Gasteiger partial charge in [-0.15, -0.1) is 0 Å². The van der Waals surface area contributed by atoms with Crippen LogP contribution in [0.2, 0.25) is 10.0 Å². The lowest BCUT2D eigenvalue weighted by Gasteiger charge is -2.31. The number of rotatable bonds is 14. The van der Waals surface area contributed by atoms with Crippen molar-refractivity contribution in [3.63, 3.8) is 0 Å². The first-order valence-corrected chi connectivity index (χ1v) is 13.7. The zero-order chi connectivity index (χ0) is 29.1. The normalized spacial score (nSPS) is 15.3. The molecule has 2 heterocycles. The zero-order valence-electron chi connectivity index (χ0n) is 23.2. The third kappa shape index (κ3) is 8.28. The molecular formula is C29H35Cl2N3O6. The van der Waals surface area contributed by atoms with Gasteiger partial charge in [0.15, 0.2) is 0 Å². The van der Waals surface area contributed by atoms with E-state index in [0.717, 1.165) is 13.1 Å². The minimum absolute atomic E-state index is 0.0555. The summed E-state index contributed by atoms with van der Waals surface area (Å²) in [6.45, 7) is 6.40. The molecule has 0 bridgehead atoms. The molecule has 0 spiro atoms. The highest BCUT2D eigenvalue weighted by Gasteiger charge is 2.40. The number of likely N-dealkylation sites (N-methyl/N-ethyl adjacent to an activating group) is 1. The Hall–Kier alpha value is -2.95. The fourth-order valence-corrected chi connectivity index (χ4v) is 4.81. The minimum atomic E-state index is -0.871. The highest BCUT2D eigenvalue weighted by Crippen LogP contribution is 2.43. The van der Waals surface area contributed by atoms with E-state index < -0.39 is 17.9 Å². The summed E-state index contributed by atoms with van der Waals surface area (Å²) in [5.74, 6) is -2.07. The van der Waals surface area contributed by atoms with Crippen molar-refractivity contribution < 1.29 is 28.5 Å². The fourth-order valence-electron chi connectivity index (χ4n) is 4.39. The molecule has 1 N–H and O–H groups in total. The van der Waals surface area contributed by atoms with Gasteiger partial charge in [0.25, 0.3) is 0 Å². The molecule has 9 nitrogen and oxygen atoms in total. The lowest BCUT2D eigenvalue weighted by molar-refractivity contribution is -0.139. The Balaban J connectivity index is 1.70. The van der Waals surface area contributed by atoms with Crippen LogP contribution in [0, 0.1) is 0 Å². The third-order valence-electron chi connectivity index (χ3n) is 6.28. The molecule has 3 rings (SSSR count). The Bertz CT molecular complexity index is 1240. The highest BCUT2D eigenvalue weighted by molar-refractivity contribution is 6.42. The van der Waals surface area contributed by atoms with Crippen LogP contribution in [0.15, 0.2) is 65.3 Å². The van der Waals surface area contributed by atoms with Gasteiger partial charge in [0, 0.05) is 31.2 Å². The first kappa shape index (κ1) is 31.6. The van der Waals surface area contributed by atoms with Crippen molar-refractivity contribution in [3.05, 3.63) is 86.4 Å². The van der Waals surface area contributed by atoms with E-state index in [9.17, 15) is 9.59 Å². The molecule has 2 aromatic rings. The van der Waals surface area contributed by atoms with Crippen LogP contribution >= 0.6 is 23.2 Å². The van der Waals surface area contributed by atoms with E-state index in [1.165, 1.54) is 12.7 Å². The van der Waals surface area contributed by atoms with Crippen LogP contribution in [0.5, 0.6) is 0 Å². The molecule has 0 aliphatic carbocycles. The summed E-state index contributed by atoms with van der Waals surface area (Å²) in [4.78, 5) is 32.3. The Kier molecular flexibility index (Phi) is 12.4. The van der Waals surface area contributed by atoms with E-state index in [-0.39, 0.29) is 29.4 Å². The van der Waals surface area contributed by atoms with E-state index >= 15 is 0 Å². The molecule has 1 unspecified atom stereocenters. The molecule has 0 fully saturated rings. The van der Waals surface area contributed by atoms with Gasteiger partial charge in [0.05, 0.1) is 73.0 Å². The molecule has 1 aromatic heterocycles. The number of dihydropyridines is 1. The zero-order valence-corrected chi connectivity index (χ0v) is 24.7. The first-order valence-electron chi connectivity index (χ1n) is 12.9. The van der Waals surface area contributed by atoms with Crippen molar-refractivity contribution in [2.24, 2.45) is 0 Å². The number of esters is 2. The van der Waals surface area contributed by atoms with Crippen LogP contribution in [-0.4, -0.2) is 75.6 Å². The number of carbonyl (C=O) groups excluding carboxylic acids is 2. The first-order chi connectivity index (χ1) is 19.3. The summed E-state index contributed by atoms with van der Waals surface area (Å²) >= 11 is 12.9. The summed E-state index contributed by atoms with van der Waals surface area (Å²) in [5, 5.41) is 3.68. The molecular weight excluding hydrogens is 557 g/mol. The maximum atomic E-state index is 13.3. The average molecular weight is 593 g/mol. The summed E-state index contributed by atoms with van der Waals surface area (Å²) < 4.78 is 22.0. The molecule has 0 radical (unpaired) electrons. The lowest BCUT2D eigenvalue weighted by Crippen LogP contribution is -2.35. The summed E-state index contributed by atoms with van der Waals surface area (Å²) in [6, 6.07) is 9.04. The minimum Gasteiger partial charge on any atom is -0.466 e. The quantitative estimate of drug-likeness (QED) is 0.251. The van der Waals surface area contributed by atoms with Gasteiger partial charge in [-0.05, 0) is 50.2 Å². The van der Waals surface area contributed by atoms with Crippen molar-refractivity contribution in [1.82, 2.24) is 15.2 Å². The SMILES string of the molecule is CCOC(=O)C1=C(COCCOCCN(C)Cc2ccncc2)NC(C)=C(C(=O)OC)C1c1cccc(Cl)c1Cl. The van der Waals surface area contributed by atoms with E-state index in [1.807, 2.05) is 19.2 Å². The van der Waals surface area contributed by atoms with Gasteiger partial charge in [-0.1, -0.05) is 35.3 Å². The number of methoxy groups -OCH3 is 1. The van der Waals surface area contributed by atoms with Crippen LogP contribution in [0.25, 0.3) is 0 Å². The molecule has 1 aromatic carbocycles. The van der Waals surface area contributed by atoms with Crippen LogP contribution in [0.4, 0.5) is 0 Å². The number of carbonyl (C=O) groups is 2. The molecule has 0 amide bonds. The number of hydrogen-bond acceptors (Lipinski definition) is 9. The number of nitrogens with zero attached hydrogens (tertiary/aromatic N) is 2. The number of aromatic nitrogens is 1. The van der Waals surface area contributed by atoms with E-state index in [2.05, 4.69) is 15.2 Å². The van der Waals surface area contributed by atoms with Gasteiger partial charge in [-0.3, -0.25) is 9.88 Å². The second-order valence-electron chi connectivity index (χ2n) is 9.10. The van der Waals surface area contributed by atoms with Crippen molar-refractivity contribution in [1.29, 1.82) is 0 Å². The number of ether oxygens (including phenoxy) is 4. The molecule has 1 atom stereocenters. The van der Waals surface area contributed by atoms with Crippen LogP contribution in [0.1, 0.15) is 30.9 Å². The molecule has 0 saturated carbocycles. The summed E-state index contributed by atoms with van der Waals surface area (Å²) in [7, 11) is 3.31. The second-order valence-corrected chi connectivity index (χ2v) is 9.89. The smallest absolute Gasteiger partial charge is 0.336 e. The standard InChI is InChI=1S/C29H35Cl2N3O6/c1-5-40-29(36)26-23(18-39-16-15-38-14-13-34(3)17-20-9-11-32-12-10-20)33-19(2)24(28(35)37-4)25(26)21-7-6-8-22(30)27(21)31/h6-12,25,33H,5,13-18H2,1-4H3. The largest absolute Gasteiger partial charge is 0.466 e. The van der Waals surface area contributed by atoms with Crippen molar-refractivity contribution in [3.8, 4) is 0 Å². The monoisotopic (exact) mass is 591 g/mol. The van der Waals surface area contributed by atoms with E-state index in [1.54, 1.807) is 44.4 Å². The number of hydrogen-bond donors (Lipinski definition) is 1. The van der Waals surface area contributed by atoms with E-state index in [4.69, 9.17) is 42.1 Å². The van der Waals surface area contributed by atoms with Crippen molar-refractivity contribution >= 4 is 35.1 Å². The summed E-state index contributed by atoms with van der Waals surface area (Å²) in [5.41, 5.74) is 3.07. The average Bonchev–Trinajstić information content (AvgIpc) is 2.94.